The Balaban J connectivity index is 2.24. The minimum absolute atomic E-state index is 0.225. The third kappa shape index (κ3) is 2.13. The summed E-state index contributed by atoms with van der Waals surface area (Å²) in [6.45, 7) is 0. The molecule has 1 aromatic heterocycles. The van der Waals surface area contributed by atoms with Gasteiger partial charge in [0, 0.05) is 7.05 Å². The van der Waals surface area contributed by atoms with Crippen molar-refractivity contribution in [2.24, 2.45) is 7.05 Å². The lowest BCUT2D eigenvalue weighted by Gasteiger charge is -2.08. The number of nitrogens with two attached hydrogens (primary N) is 1. The van der Waals surface area contributed by atoms with Crippen LogP contribution in [-0.4, -0.2) is 22.9 Å². The summed E-state index contributed by atoms with van der Waals surface area (Å²) in [6.07, 6.45) is 1.37. The minimum atomic E-state index is -0.565. The summed E-state index contributed by atoms with van der Waals surface area (Å²) in [5.74, 6) is 0.515. The number of anilines is 1. The highest BCUT2D eigenvalue weighted by atomic mass is 16.6. The Morgan fingerprint density at radius 1 is 1.33 bits per heavy atom. The molecule has 0 amide bonds. The van der Waals surface area contributed by atoms with Crippen molar-refractivity contribution in [3.8, 4) is 11.5 Å². The van der Waals surface area contributed by atoms with Crippen LogP contribution in [0, 0.1) is 0 Å². The number of ether oxygens (including phenoxy) is 2. The highest BCUT2D eigenvalue weighted by Gasteiger charge is 2.17. The number of hydrogen-bond donors (Lipinski definition) is 1. The fourth-order valence-electron chi connectivity index (χ4n) is 1.46. The first-order valence-corrected chi connectivity index (χ1v) is 5.26. The highest BCUT2D eigenvalue weighted by molar-refractivity contribution is 5.95. The van der Waals surface area contributed by atoms with E-state index in [0.717, 1.165) is 0 Å². The Bertz CT molecular complexity index is 578. The average Bonchev–Trinajstić information content (AvgIpc) is 2.71. The number of rotatable bonds is 3. The molecule has 0 aliphatic heterocycles. The van der Waals surface area contributed by atoms with Crippen LogP contribution < -0.4 is 15.2 Å². The molecule has 18 heavy (non-hydrogen) atoms. The Morgan fingerprint density at radius 2 is 2.00 bits per heavy atom. The van der Waals surface area contributed by atoms with E-state index in [1.165, 1.54) is 18.0 Å². The molecule has 0 fully saturated rings. The lowest BCUT2D eigenvalue weighted by Crippen LogP contribution is -2.11. The van der Waals surface area contributed by atoms with Crippen LogP contribution in [0.5, 0.6) is 11.5 Å². The van der Waals surface area contributed by atoms with Crippen molar-refractivity contribution in [1.29, 1.82) is 0 Å². The zero-order valence-electron chi connectivity index (χ0n) is 10.1. The van der Waals surface area contributed by atoms with Crippen LogP contribution in [0.1, 0.15) is 10.4 Å². The predicted molar refractivity (Wildman–Crippen MR) is 65.6 cm³/mol. The predicted octanol–water partition coefficient (Wildman–Crippen LogP) is 1.23. The molecule has 0 spiro atoms. The quantitative estimate of drug-likeness (QED) is 0.651. The summed E-state index contributed by atoms with van der Waals surface area (Å²) < 4.78 is 11.7. The van der Waals surface area contributed by atoms with Crippen LogP contribution in [0.15, 0.2) is 30.5 Å². The third-order valence-corrected chi connectivity index (χ3v) is 2.48. The number of hydrogen-bond acceptors (Lipinski definition) is 5. The molecule has 2 rings (SSSR count). The number of carbonyl (C=O) groups is 1. The maximum absolute atomic E-state index is 11.9. The number of benzene rings is 1. The Kier molecular flexibility index (Phi) is 3.18. The first kappa shape index (κ1) is 12.0. The minimum Gasteiger partial charge on any atom is -0.493 e. The number of aryl methyl sites for hydroxylation is 1. The van der Waals surface area contributed by atoms with Gasteiger partial charge in [0.25, 0.3) is 0 Å². The van der Waals surface area contributed by atoms with Gasteiger partial charge in [0.2, 0.25) is 0 Å². The van der Waals surface area contributed by atoms with E-state index in [1.54, 1.807) is 31.3 Å². The molecule has 1 aromatic carbocycles. The zero-order valence-corrected chi connectivity index (χ0v) is 10.1. The van der Waals surface area contributed by atoms with Gasteiger partial charge in [-0.3, -0.25) is 4.68 Å². The number of carbonyl (C=O) groups excluding carboxylic acids is 1. The Labute approximate surface area is 104 Å². The topological polar surface area (TPSA) is 79.4 Å². The lowest BCUT2D eigenvalue weighted by molar-refractivity contribution is 0.0731. The third-order valence-electron chi connectivity index (χ3n) is 2.48. The first-order valence-electron chi connectivity index (χ1n) is 5.26. The van der Waals surface area contributed by atoms with Crippen molar-refractivity contribution in [2.75, 3.05) is 12.8 Å². The molecule has 0 radical (unpaired) electrons. The van der Waals surface area contributed by atoms with Crippen molar-refractivity contribution in [1.82, 2.24) is 9.78 Å². The van der Waals surface area contributed by atoms with Gasteiger partial charge >= 0.3 is 5.97 Å². The molecule has 2 aromatic rings. The van der Waals surface area contributed by atoms with Gasteiger partial charge in [0.1, 0.15) is 11.4 Å². The van der Waals surface area contributed by atoms with Crippen LogP contribution in [0.25, 0.3) is 0 Å². The average molecular weight is 247 g/mol. The smallest absolute Gasteiger partial charge is 0.349 e. The lowest BCUT2D eigenvalue weighted by atomic mass is 10.3. The van der Waals surface area contributed by atoms with E-state index < -0.39 is 5.97 Å². The van der Waals surface area contributed by atoms with Gasteiger partial charge in [-0.15, -0.1) is 0 Å². The van der Waals surface area contributed by atoms with E-state index in [2.05, 4.69) is 5.10 Å². The van der Waals surface area contributed by atoms with E-state index in [0.29, 0.717) is 11.5 Å². The molecule has 0 unspecified atom stereocenters. The monoisotopic (exact) mass is 247 g/mol. The second-order valence-corrected chi connectivity index (χ2v) is 3.61. The second kappa shape index (κ2) is 4.79. The largest absolute Gasteiger partial charge is 0.493 e. The molecule has 1 heterocycles. The molecule has 0 bridgehead atoms. The molecular weight excluding hydrogens is 234 g/mol. The van der Waals surface area contributed by atoms with E-state index >= 15 is 0 Å². The molecular formula is C12H13N3O3. The Morgan fingerprint density at radius 3 is 2.56 bits per heavy atom. The molecule has 6 nitrogen and oxygen atoms in total. The SMILES string of the molecule is COc1ccccc1OC(=O)c1cnn(C)c1N. The van der Waals surface area contributed by atoms with Gasteiger partial charge in [-0.05, 0) is 12.1 Å². The number of aromatic nitrogens is 2. The number of methoxy groups -OCH3 is 1. The van der Waals surface area contributed by atoms with Gasteiger partial charge < -0.3 is 15.2 Å². The Hall–Kier alpha value is -2.50. The molecule has 0 aliphatic rings. The number of esters is 1. The molecule has 6 heteroatoms. The van der Waals surface area contributed by atoms with Crippen LogP contribution in [0.2, 0.25) is 0 Å². The van der Waals surface area contributed by atoms with Gasteiger partial charge in [0.05, 0.1) is 13.3 Å². The van der Waals surface area contributed by atoms with Crippen molar-refractivity contribution in [3.63, 3.8) is 0 Å². The summed E-state index contributed by atoms with van der Waals surface area (Å²) in [6, 6.07) is 6.88. The van der Waals surface area contributed by atoms with Crippen LogP contribution in [-0.2, 0) is 7.05 Å². The fraction of sp³-hybridized carbons (Fsp3) is 0.167. The van der Waals surface area contributed by atoms with Gasteiger partial charge in [-0.2, -0.15) is 5.10 Å². The number of nitrogens with zero attached hydrogens (tertiary/aromatic N) is 2. The summed E-state index contributed by atoms with van der Waals surface area (Å²) in [5.41, 5.74) is 5.92. The maximum atomic E-state index is 11.9. The van der Waals surface area contributed by atoms with Gasteiger partial charge in [-0.1, -0.05) is 12.1 Å². The molecule has 0 saturated carbocycles. The summed E-state index contributed by atoms with van der Waals surface area (Å²) in [5, 5.41) is 3.88. The second-order valence-electron chi connectivity index (χ2n) is 3.61. The van der Waals surface area contributed by atoms with E-state index in [4.69, 9.17) is 15.2 Å². The molecule has 0 aliphatic carbocycles. The summed E-state index contributed by atoms with van der Waals surface area (Å²) in [4.78, 5) is 11.9. The fourth-order valence-corrected chi connectivity index (χ4v) is 1.46. The van der Waals surface area contributed by atoms with E-state index in [1.807, 2.05) is 0 Å². The summed E-state index contributed by atoms with van der Waals surface area (Å²) >= 11 is 0. The molecule has 2 N–H and O–H groups in total. The number of para-hydroxylation sites is 2. The van der Waals surface area contributed by atoms with Gasteiger partial charge in [0.15, 0.2) is 11.5 Å². The summed E-state index contributed by atoms with van der Waals surface area (Å²) in [7, 11) is 3.15. The van der Waals surface area contributed by atoms with Crippen molar-refractivity contribution in [2.45, 2.75) is 0 Å². The maximum Gasteiger partial charge on any atom is 0.349 e. The normalized spacial score (nSPS) is 10.1. The molecule has 94 valence electrons. The molecule has 0 saturated heterocycles. The zero-order chi connectivity index (χ0) is 13.1. The van der Waals surface area contributed by atoms with Crippen LogP contribution in [0.3, 0.4) is 0 Å². The first-order chi connectivity index (χ1) is 8.63. The van der Waals surface area contributed by atoms with Gasteiger partial charge in [-0.25, -0.2) is 4.79 Å². The van der Waals surface area contributed by atoms with Crippen LogP contribution in [0.4, 0.5) is 5.82 Å². The van der Waals surface area contributed by atoms with Crippen molar-refractivity contribution in [3.05, 3.63) is 36.0 Å². The standard InChI is InChI=1S/C12H13N3O3/c1-15-11(13)8(7-14-15)12(16)18-10-6-4-3-5-9(10)17-2/h3-7H,13H2,1-2H3. The van der Waals surface area contributed by atoms with Crippen LogP contribution >= 0.6 is 0 Å². The van der Waals surface area contributed by atoms with E-state index in [-0.39, 0.29) is 11.4 Å². The highest BCUT2D eigenvalue weighted by Crippen LogP contribution is 2.27. The van der Waals surface area contributed by atoms with E-state index in [9.17, 15) is 4.79 Å². The van der Waals surface area contributed by atoms with Crippen molar-refractivity contribution >= 4 is 11.8 Å². The van der Waals surface area contributed by atoms with Crippen molar-refractivity contribution < 1.29 is 14.3 Å². The molecule has 0 atom stereocenters. The number of nitrogen functional groups attached to an aromatic ring is 1.